The van der Waals surface area contributed by atoms with E-state index in [9.17, 15) is 4.39 Å². The predicted molar refractivity (Wildman–Crippen MR) is 96.7 cm³/mol. The van der Waals surface area contributed by atoms with E-state index in [1.54, 1.807) is 36.8 Å². The maximum absolute atomic E-state index is 13.5. The van der Waals surface area contributed by atoms with Crippen LogP contribution in [0.5, 0.6) is 5.75 Å². The standard InChI is InChI=1S/C18H15ClFN5O/c19-13-8-10(3-4-14(13)20)18(22)12-5-7-24-16(15(12)26-17(18)21)25-11-2-1-6-23-9-11/h1-9,17H,21-22H2,(H,24,25). The fourth-order valence-corrected chi connectivity index (χ4v) is 3.18. The van der Waals surface area contributed by atoms with E-state index in [0.717, 1.165) is 5.69 Å². The molecular formula is C18H15ClFN5O. The van der Waals surface area contributed by atoms with Gasteiger partial charge in [0.15, 0.2) is 17.8 Å². The van der Waals surface area contributed by atoms with Crippen molar-refractivity contribution in [1.29, 1.82) is 0 Å². The summed E-state index contributed by atoms with van der Waals surface area (Å²) < 4.78 is 19.4. The van der Waals surface area contributed by atoms with Gasteiger partial charge < -0.3 is 15.8 Å². The first kappa shape index (κ1) is 16.7. The third kappa shape index (κ3) is 2.57. The summed E-state index contributed by atoms with van der Waals surface area (Å²) in [5.41, 5.74) is 13.5. The van der Waals surface area contributed by atoms with Crippen LogP contribution < -0.4 is 21.5 Å². The minimum Gasteiger partial charge on any atom is -0.469 e. The molecular weight excluding hydrogens is 357 g/mol. The maximum atomic E-state index is 13.5. The molecule has 1 aliphatic rings. The Balaban J connectivity index is 1.80. The Labute approximate surface area is 154 Å². The fourth-order valence-electron chi connectivity index (χ4n) is 3.00. The van der Waals surface area contributed by atoms with Crippen LogP contribution in [0.3, 0.4) is 0 Å². The SMILES string of the molecule is NC1Oc2c(ccnc2Nc2cccnc2)C1(N)c1ccc(F)c(Cl)c1. The highest BCUT2D eigenvalue weighted by atomic mass is 35.5. The molecule has 0 bridgehead atoms. The van der Waals surface area contributed by atoms with Crippen LogP contribution in [0.15, 0.2) is 55.0 Å². The Kier molecular flexibility index (Phi) is 3.99. The predicted octanol–water partition coefficient (Wildman–Crippen LogP) is 2.89. The number of benzene rings is 1. The number of nitrogens with one attached hydrogen (secondary N) is 1. The molecule has 3 aromatic rings. The molecule has 3 heterocycles. The number of pyridine rings is 2. The van der Waals surface area contributed by atoms with Gasteiger partial charge in [0.05, 0.1) is 16.9 Å². The van der Waals surface area contributed by atoms with E-state index in [1.165, 1.54) is 12.1 Å². The van der Waals surface area contributed by atoms with Crippen LogP contribution in [0.1, 0.15) is 11.1 Å². The lowest BCUT2D eigenvalue weighted by atomic mass is 9.84. The molecule has 4 rings (SSSR count). The van der Waals surface area contributed by atoms with Crippen molar-refractivity contribution in [2.75, 3.05) is 5.32 Å². The van der Waals surface area contributed by atoms with Gasteiger partial charge in [-0.05, 0) is 35.9 Å². The van der Waals surface area contributed by atoms with Crippen molar-refractivity contribution in [3.63, 3.8) is 0 Å². The molecule has 0 saturated carbocycles. The van der Waals surface area contributed by atoms with Crippen LogP contribution >= 0.6 is 11.6 Å². The molecule has 8 heteroatoms. The molecule has 6 nitrogen and oxygen atoms in total. The minimum atomic E-state index is -1.19. The molecule has 0 radical (unpaired) electrons. The number of hydrogen-bond donors (Lipinski definition) is 3. The van der Waals surface area contributed by atoms with E-state index < -0.39 is 17.6 Å². The molecule has 2 unspecified atom stereocenters. The second-order valence-corrected chi connectivity index (χ2v) is 6.35. The summed E-state index contributed by atoms with van der Waals surface area (Å²) in [6.07, 6.45) is 4.04. The summed E-state index contributed by atoms with van der Waals surface area (Å²) in [6.45, 7) is 0. The molecule has 1 aromatic carbocycles. The topological polar surface area (TPSA) is 99.1 Å². The molecule has 132 valence electrons. The minimum absolute atomic E-state index is 0.0317. The van der Waals surface area contributed by atoms with Crippen molar-refractivity contribution in [2.45, 2.75) is 11.8 Å². The lowest BCUT2D eigenvalue weighted by molar-refractivity contribution is 0.178. The molecule has 26 heavy (non-hydrogen) atoms. The molecule has 0 aliphatic carbocycles. The van der Waals surface area contributed by atoms with Crippen molar-refractivity contribution in [3.05, 3.63) is 77.0 Å². The van der Waals surface area contributed by atoms with Crippen LogP contribution in [0.25, 0.3) is 0 Å². The van der Waals surface area contributed by atoms with Gasteiger partial charge in [-0.2, -0.15) is 0 Å². The van der Waals surface area contributed by atoms with Crippen LogP contribution in [-0.4, -0.2) is 16.2 Å². The number of nitrogens with zero attached hydrogens (tertiary/aromatic N) is 2. The first-order valence-corrected chi connectivity index (χ1v) is 8.21. The van der Waals surface area contributed by atoms with E-state index in [-0.39, 0.29) is 5.02 Å². The molecule has 0 amide bonds. The van der Waals surface area contributed by atoms with E-state index in [0.29, 0.717) is 22.7 Å². The van der Waals surface area contributed by atoms with Gasteiger partial charge in [-0.25, -0.2) is 9.37 Å². The van der Waals surface area contributed by atoms with Crippen molar-refractivity contribution in [3.8, 4) is 5.75 Å². The smallest absolute Gasteiger partial charge is 0.174 e. The molecule has 5 N–H and O–H groups in total. The number of hydrogen-bond acceptors (Lipinski definition) is 6. The third-order valence-electron chi connectivity index (χ3n) is 4.37. The Hall–Kier alpha value is -2.74. The largest absolute Gasteiger partial charge is 0.469 e. The lowest BCUT2D eigenvalue weighted by Gasteiger charge is -2.28. The van der Waals surface area contributed by atoms with Crippen molar-refractivity contribution in [2.24, 2.45) is 11.5 Å². The van der Waals surface area contributed by atoms with Crippen LogP contribution in [-0.2, 0) is 5.54 Å². The Morgan fingerprint density at radius 2 is 2.08 bits per heavy atom. The molecule has 2 atom stereocenters. The third-order valence-corrected chi connectivity index (χ3v) is 4.66. The van der Waals surface area contributed by atoms with E-state index in [1.807, 2.05) is 6.07 Å². The van der Waals surface area contributed by atoms with Gasteiger partial charge in [-0.1, -0.05) is 17.7 Å². The zero-order chi connectivity index (χ0) is 18.3. The second kappa shape index (κ2) is 6.21. The zero-order valence-electron chi connectivity index (χ0n) is 13.5. The van der Waals surface area contributed by atoms with Gasteiger partial charge in [-0.3, -0.25) is 10.7 Å². The van der Waals surface area contributed by atoms with Gasteiger partial charge in [-0.15, -0.1) is 0 Å². The first-order chi connectivity index (χ1) is 12.5. The highest BCUT2D eigenvalue weighted by Crippen LogP contribution is 2.46. The van der Waals surface area contributed by atoms with Gasteiger partial charge in [0, 0.05) is 18.0 Å². The summed E-state index contributed by atoms with van der Waals surface area (Å²) in [6, 6.07) is 9.64. The van der Waals surface area contributed by atoms with Crippen LogP contribution in [0.4, 0.5) is 15.9 Å². The normalized spacial score (nSPS) is 21.2. The van der Waals surface area contributed by atoms with Gasteiger partial charge in [0.2, 0.25) is 0 Å². The number of halogens is 2. The number of anilines is 2. The average molecular weight is 372 g/mol. The quantitative estimate of drug-likeness (QED) is 0.654. The Morgan fingerprint density at radius 1 is 1.23 bits per heavy atom. The molecule has 1 aliphatic heterocycles. The second-order valence-electron chi connectivity index (χ2n) is 5.94. The van der Waals surface area contributed by atoms with Crippen molar-refractivity contribution < 1.29 is 9.13 Å². The zero-order valence-corrected chi connectivity index (χ0v) is 14.2. The van der Waals surface area contributed by atoms with Crippen molar-refractivity contribution in [1.82, 2.24) is 9.97 Å². The van der Waals surface area contributed by atoms with E-state index in [2.05, 4.69) is 15.3 Å². The average Bonchev–Trinajstić information content (AvgIpc) is 2.91. The lowest BCUT2D eigenvalue weighted by Crippen LogP contribution is -2.52. The summed E-state index contributed by atoms with van der Waals surface area (Å²) in [7, 11) is 0. The molecule has 2 aromatic heterocycles. The fraction of sp³-hybridized carbons (Fsp3) is 0.111. The Bertz CT molecular complexity index is 971. The monoisotopic (exact) mass is 371 g/mol. The van der Waals surface area contributed by atoms with Gasteiger partial charge in [0.1, 0.15) is 11.4 Å². The summed E-state index contributed by atoms with van der Waals surface area (Å²) in [5.74, 6) is 0.374. The van der Waals surface area contributed by atoms with Gasteiger partial charge >= 0.3 is 0 Å². The van der Waals surface area contributed by atoms with E-state index >= 15 is 0 Å². The number of ether oxygens (including phenoxy) is 1. The number of nitrogens with two attached hydrogens (primary N) is 2. The summed E-state index contributed by atoms with van der Waals surface area (Å²) in [4.78, 5) is 8.36. The maximum Gasteiger partial charge on any atom is 0.174 e. The van der Waals surface area contributed by atoms with Crippen LogP contribution in [0, 0.1) is 5.82 Å². The highest BCUT2D eigenvalue weighted by Gasteiger charge is 2.47. The summed E-state index contributed by atoms with van der Waals surface area (Å²) >= 11 is 5.92. The summed E-state index contributed by atoms with van der Waals surface area (Å²) in [5, 5.41) is 3.11. The molecule has 0 saturated heterocycles. The molecule has 0 fully saturated rings. The van der Waals surface area contributed by atoms with E-state index in [4.69, 9.17) is 27.8 Å². The number of aromatic nitrogens is 2. The highest BCUT2D eigenvalue weighted by molar-refractivity contribution is 6.30. The van der Waals surface area contributed by atoms with Gasteiger partial charge in [0.25, 0.3) is 0 Å². The van der Waals surface area contributed by atoms with Crippen LogP contribution in [0.2, 0.25) is 5.02 Å². The first-order valence-electron chi connectivity index (χ1n) is 7.83. The Morgan fingerprint density at radius 3 is 2.81 bits per heavy atom. The number of fused-ring (bicyclic) bond motifs is 1. The molecule has 0 spiro atoms. The van der Waals surface area contributed by atoms with Crippen molar-refractivity contribution >= 4 is 23.1 Å². The number of rotatable bonds is 3.